The molecule has 82 valence electrons. The topological polar surface area (TPSA) is 46.2 Å². The number of phenolic OH excluding ortho intramolecular Hbond substituents is 1. The van der Waals surface area contributed by atoms with Crippen LogP contribution in [0.5, 0.6) is 5.75 Å². The van der Waals surface area contributed by atoms with Gasteiger partial charge in [-0.3, -0.25) is 0 Å². The second kappa shape index (κ2) is 5.01. The standard InChI is InChI=1S/C11H13BrClNO/c1-6(2)3-10(14)8-4-7(13)5-9(12)11(8)15/h4-5,10,15H,1,3,14H2,2H3/t10-/m0/s1. The Morgan fingerprint density at radius 3 is 2.80 bits per heavy atom. The van der Waals surface area contributed by atoms with Crippen molar-refractivity contribution in [1.82, 2.24) is 0 Å². The van der Waals surface area contributed by atoms with E-state index in [2.05, 4.69) is 22.5 Å². The fourth-order valence-corrected chi connectivity index (χ4v) is 2.19. The molecule has 1 aromatic carbocycles. The predicted octanol–water partition coefficient (Wildman–Crippen LogP) is 3.77. The molecular formula is C11H13BrClNO. The van der Waals surface area contributed by atoms with E-state index in [0.717, 1.165) is 5.57 Å². The van der Waals surface area contributed by atoms with Crippen LogP contribution in [-0.2, 0) is 0 Å². The van der Waals surface area contributed by atoms with Crippen molar-refractivity contribution in [2.75, 3.05) is 0 Å². The molecule has 0 radical (unpaired) electrons. The normalized spacial score (nSPS) is 12.5. The van der Waals surface area contributed by atoms with Crippen LogP contribution in [0.2, 0.25) is 5.02 Å². The molecule has 0 heterocycles. The highest BCUT2D eigenvalue weighted by atomic mass is 79.9. The third kappa shape index (κ3) is 3.23. The Bertz CT molecular complexity index is 392. The van der Waals surface area contributed by atoms with E-state index in [4.69, 9.17) is 17.3 Å². The van der Waals surface area contributed by atoms with Gasteiger partial charge >= 0.3 is 0 Å². The lowest BCUT2D eigenvalue weighted by Crippen LogP contribution is -2.10. The summed E-state index contributed by atoms with van der Waals surface area (Å²) < 4.78 is 0.558. The first kappa shape index (κ1) is 12.6. The summed E-state index contributed by atoms with van der Waals surface area (Å²) in [4.78, 5) is 0. The maximum atomic E-state index is 9.79. The molecule has 0 fully saturated rings. The molecule has 0 saturated carbocycles. The summed E-state index contributed by atoms with van der Waals surface area (Å²) in [6, 6.07) is 3.03. The summed E-state index contributed by atoms with van der Waals surface area (Å²) in [5.74, 6) is 0.146. The van der Waals surface area contributed by atoms with Gasteiger partial charge in [-0.05, 0) is 41.4 Å². The number of hydrogen-bond acceptors (Lipinski definition) is 2. The van der Waals surface area contributed by atoms with E-state index in [0.29, 0.717) is 21.5 Å². The molecule has 3 N–H and O–H groups in total. The predicted molar refractivity (Wildman–Crippen MR) is 67.2 cm³/mol. The van der Waals surface area contributed by atoms with Gasteiger partial charge in [0.25, 0.3) is 0 Å². The lowest BCUT2D eigenvalue weighted by Gasteiger charge is -2.15. The molecule has 1 atom stereocenters. The summed E-state index contributed by atoms with van der Waals surface area (Å²) in [6.07, 6.45) is 0.625. The van der Waals surface area contributed by atoms with Crippen molar-refractivity contribution in [3.05, 3.63) is 39.3 Å². The van der Waals surface area contributed by atoms with Crippen molar-refractivity contribution in [2.45, 2.75) is 19.4 Å². The SMILES string of the molecule is C=C(C)C[C@H](N)c1cc(Cl)cc(Br)c1O. The molecule has 0 unspecified atom stereocenters. The maximum absolute atomic E-state index is 9.79. The van der Waals surface area contributed by atoms with E-state index >= 15 is 0 Å². The smallest absolute Gasteiger partial charge is 0.134 e. The molecule has 0 aliphatic heterocycles. The minimum Gasteiger partial charge on any atom is -0.506 e. The fraction of sp³-hybridized carbons (Fsp3) is 0.273. The summed E-state index contributed by atoms with van der Waals surface area (Å²) in [7, 11) is 0. The first-order valence-electron chi connectivity index (χ1n) is 4.49. The molecule has 0 aliphatic carbocycles. The van der Waals surface area contributed by atoms with Crippen LogP contribution in [0.15, 0.2) is 28.8 Å². The highest BCUT2D eigenvalue weighted by molar-refractivity contribution is 9.10. The Morgan fingerprint density at radius 1 is 1.67 bits per heavy atom. The summed E-state index contributed by atoms with van der Waals surface area (Å²) in [5, 5.41) is 10.3. The van der Waals surface area contributed by atoms with Gasteiger partial charge in [-0.15, -0.1) is 6.58 Å². The Labute approximate surface area is 103 Å². The van der Waals surface area contributed by atoms with Crippen molar-refractivity contribution >= 4 is 27.5 Å². The number of nitrogens with two attached hydrogens (primary N) is 1. The fourth-order valence-electron chi connectivity index (χ4n) is 1.35. The van der Waals surface area contributed by atoms with E-state index in [1.165, 1.54) is 0 Å². The van der Waals surface area contributed by atoms with Crippen LogP contribution < -0.4 is 5.73 Å². The third-order valence-electron chi connectivity index (χ3n) is 2.03. The van der Waals surface area contributed by atoms with Crippen molar-refractivity contribution in [3.63, 3.8) is 0 Å². The van der Waals surface area contributed by atoms with Gasteiger partial charge in [-0.1, -0.05) is 17.2 Å². The molecular weight excluding hydrogens is 277 g/mol. The van der Waals surface area contributed by atoms with Crippen LogP contribution >= 0.6 is 27.5 Å². The monoisotopic (exact) mass is 289 g/mol. The Morgan fingerprint density at radius 2 is 2.27 bits per heavy atom. The summed E-state index contributed by atoms with van der Waals surface area (Å²) in [6.45, 7) is 5.69. The number of halogens is 2. The molecule has 4 heteroatoms. The summed E-state index contributed by atoms with van der Waals surface area (Å²) in [5.41, 5.74) is 7.54. The average molecular weight is 291 g/mol. The summed E-state index contributed by atoms with van der Waals surface area (Å²) >= 11 is 9.10. The highest BCUT2D eigenvalue weighted by Crippen LogP contribution is 2.35. The Hall–Kier alpha value is -0.510. The molecule has 0 saturated heterocycles. The largest absolute Gasteiger partial charge is 0.506 e. The minimum absolute atomic E-state index is 0.146. The van der Waals surface area contributed by atoms with Crippen molar-refractivity contribution in [3.8, 4) is 5.75 Å². The van der Waals surface area contributed by atoms with Crippen LogP contribution in [0.1, 0.15) is 24.9 Å². The number of benzene rings is 1. The zero-order chi connectivity index (χ0) is 11.6. The first-order valence-corrected chi connectivity index (χ1v) is 5.66. The second-order valence-corrected chi connectivity index (χ2v) is 4.88. The van der Waals surface area contributed by atoms with Gasteiger partial charge in [0.15, 0.2) is 0 Å². The highest BCUT2D eigenvalue weighted by Gasteiger charge is 2.14. The molecule has 2 nitrogen and oxygen atoms in total. The molecule has 15 heavy (non-hydrogen) atoms. The van der Waals surface area contributed by atoms with E-state index in [9.17, 15) is 5.11 Å². The third-order valence-corrected chi connectivity index (χ3v) is 2.85. The lowest BCUT2D eigenvalue weighted by atomic mass is 10.0. The molecule has 1 aromatic rings. The van der Waals surface area contributed by atoms with Crippen molar-refractivity contribution in [2.24, 2.45) is 5.73 Å². The number of hydrogen-bond donors (Lipinski definition) is 2. The molecule has 0 aliphatic rings. The van der Waals surface area contributed by atoms with E-state index in [-0.39, 0.29) is 11.8 Å². The van der Waals surface area contributed by atoms with Gasteiger partial charge < -0.3 is 10.8 Å². The van der Waals surface area contributed by atoms with Crippen LogP contribution in [0.4, 0.5) is 0 Å². The molecule has 0 amide bonds. The average Bonchev–Trinajstić information content (AvgIpc) is 2.09. The van der Waals surface area contributed by atoms with Gasteiger partial charge in [0.2, 0.25) is 0 Å². The Kier molecular flexibility index (Phi) is 4.20. The van der Waals surface area contributed by atoms with E-state index < -0.39 is 0 Å². The molecule has 1 rings (SSSR count). The minimum atomic E-state index is -0.280. The van der Waals surface area contributed by atoms with Gasteiger partial charge in [-0.25, -0.2) is 0 Å². The van der Waals surface area contributed by atoms with Crippen LogP contribution in [-0.4, -0.2) is 5.11 Å². The number of phenols is 1. The van der Waals surface area contributed by atoms with Gasteiger partial charge in [0, 0.05) is 16.6 Å². The maximum Gasteiger partial charge on any atom is 0.134 e. The van der Waals surface area contributed by atoms with Gasteiger partial charge in [-0.2, -0.15) is 0 Å². The lowest BCUT2D eigenvalue weighted by molar-refractivity contribution is 0.457. The van der Waals surface area contributed by atoms with Crippen molar-refractivity contribution in [1.29, 1.82) is 0 Å². The van der Waals surface area contributed by atoms with Crippen LogP contribution in [0.25, 0.3) is 0 Å². The Balaban J connectivity index is 3.07. The zero-order valence-electron chi connectivity index (χ0n) is 8.43. The van der Waals surface area contributed by atoms with Gasteiger partial charge in [0.1, 0.15) is 5.75 Å². The zero-order valence-corrected chi connectivity index (χ0v) is 10.8. The van der Waals surface area contributed by atoms with Crippen LogP contribution in [0, 0.1) is 0 Å². The van der Waals surface area contributed by atoms with Crippen LogP contribution in [0.3, 0.4) is 0 Å². The van der Waals surface area contributed by atoms with E-state index in [1.54, 1.807) is 12.1 Å². The van der Waals surface area contributed by atoms with E-state index in [1.807, 2.05) is 6.92 Å². The quantitative estimate of drug-likeness (QED) is 0.832. The molecule has 0 aromatic heterocycles. The molecule has 0 spiro atoms. The second-order valence-electron chi connectivity index (χ2n) is 3.59. The first-order chi connectivity index (χ1) is 6.91. The van der Waals surface area contributed by atoms with Gasteiger partial charge in [0.05, 0.1) is 4.47 Å². The number of rotatable bonds is 3. The molecule has 0 bridgehead atoms. The number of aromatic hydroxyl groups is 1. The van der Waals surface area contributed by atoms with Crippen molar-refractivity contribution < 1.29 is 5.11 Å².